The van der Waals surface area contributed by atoms with Crippen LogP contribution >= 0.6 is 12.2 Å². The third kappa shape index (κ3) is 6.66. The largest absolute Gasteiger partial charge is 1.00 e. The Hall–Kier alpha value is -0.794. The van der Waals surface area contributed by atoms with Gasteiger partial charge in [-0.05, 0) is 63.0 Å². The average molecular weight is 518 g/mol. The Balaban J connectivity index is 0.00000385. The Morgan fingerprint density at radius 2 is 2.00 bits per heavy atom. The summed E-state index contributed by atoms with van der Waals surface area (Å²) in [6, 6.07) is 5.43. The predicted octanol–water partition coefficient (Wildman–Crippen LogP) is 1.73. The summed E-state index contributed by atoms with van der Waals surface area (Å²) in [6.07, 6.45) is 5.92. The summed E-state index contributed by atoms with van der Waals surface area (Å²) in [4.78, 5) is 4.53. The van der Waals surface area contributed by atoms with Gasteiger partial charge in [-0.2, -0.15) is 0 Å². The molecule has 174 valence electrons. The van der Waals surface area contributed by atoms with Gasteiger partial charge in [0, 0.05) is 24.4 Å². The maximum atomic E-state index is 11.2. The van der Waals surface area contributed by atoms with E-state index in [0.717, 1.165) is 18.4 Å². The van der Waals surface area contributed by atoms with Crippen molar-refractivity contribution in [2.24, 2.45) is 0 Å². The molecular formula is C22H28KN3O5S2. The van der Waals surface area contributed by atoms with Crippen molar-refractivity contribution in [3.63, 3.8) is 0 Å². The molecule has 0 radical (unpaired) electrons. The van der Waals surface area contributed by atoms with Gasteiger partial charge in [0.05, 0.1) is 10.1 Å². The van der Waals surface area contributed by atoms with Crippen LogP contribution in [0.3, 0.4) is 0 Å². The first kappa shape index (κ1) is 28.4. The summed E-state index contributed by atoms with van der Waals surface area (Å²) in [5.74, 6) is 0.470. The van der Waals surface area contributed by atoms with Crippen molar-refractivity contribution < 1.29 is 73.9 Å². The van der Waals surface area contributed by atoms with E-state index in [0.29, 0.717) is 47.0 Å². The fourth-order valence-corrected chi connectivity index (χ4v) is 4.35. The van der Waals surface area contributed by atoms with E-state index < -0.39 is 15.4 Å². The maximum absolute atomic E-state index is 11.2. The van der Waals surface area contributed by atoms with E-state index >= 15 is 0 Å². The Bertz CT molecular complexity index is 1290. The van der Waals surface area contributed by atoms with Gasteiger partial charge in [0.25, 0.3) is 0 Å². The van der Waals surface area contributed by atoms with E-state index in [-0.39, 0.29) is 63.7 Å². The molecule has 2 heterocycles. The Labute approximate surface area is 241 Å². The van der Waals surface area contributed by atoms with Crippen LogP contribution in [-0.2, 0) is 29.6 Å². The molecule has 33 heavy (non-hydrogen) atoms. The summed E-state index contributed by atoms with van der Waals surface area (Å²) >= 11 is 5.52. The Morgan fingerprint density at radius 3 is 2.64 bits per heavy atom. The van der Waals surface area contributed by atoms with E-state index in [1.165, 1.54) is 6.92 Å². The SMILES string of the molecule is CCCCn1c(O)c(C=Cc2nc3c(CCC(C)S(=O)(=O)[O-])cccc3o2)n(CC)c1=S.[K+]. The monoisotopic (exact) mass is 517 g/mol. The standard InChI is InChI=1S/C22H29N3O5S2.K/c1-4-6-14-25-21(26)17(24(5-2)22(25)31)12-13-19-23-20-16(8-7-9-18(20)30-19)11-10-15(3)32(27,28)29;/h7-9,12-13,15,26H,4-6,10-11,14H2,1-3H3,(H,27,28,29);/q;+1/p-1. The molecule has 3 rings (SSSR count). The van der Waals surface area contributed by atoms with E-state index in [4.69, 9.17) is 16.6 Å². The van der Waals surface area contributed by atoms with Gasteiger partial charge in [0.15, 0.2) is 10.4 Å². The zero-order chi connectivity index (χ0) is 23.5. The smallest absolute Gasteiger partial charge is 0.748 e. The molecule has 0 saturated carbocycles. The van der Waals surface area contributed by atoms with E-state index in [2.05, 4.69) is 11.9 Å². The van der Waals surface area contributed by atoms with Crippen LogP contribution in [0.1, 0.15) is 57.2 Å². The first-order chi connectivity index (χ1) is 15.2. The minimum atomic E-state index is -4.32. The van der Waals surface area contributed by atoms with Crippen molar-refractivity contribution in [1.29, 1.82) is 0 Å². The van der Waals surface area contributed by atoms with Crippen LogP contribution in [0.5, 0.6) is 5.88 Å². The van der Waals surface area contributed by atoms with Crippen LogP contribution in [0.2, 0.25) is 0 Å². The molecule has 0 amide bonds. The molecular weight excluding hydrogens is 489 g/mol. The molecule has 1 atom stereocenters. The number of para-hydroxylation sites is 1. The number of benzene rings is 1. The van der Waals surface area contributed by atoms with Gasteiger partial charge in [-0.25, -0.2) is 13.4 Å². The summed E-state index contributed by atoms with van der Waals surface area (Å²) in [7, 11) is -4.32. The van der Waals surface area contributed by atoms with Crippen molar-refractivity contribution >= 4 is 45.6 Å². The number of hydrogen-bond donors (Lipinski definition) is 1. The second-order valence-corrected chi connectivity index (χ2v) is 9.89. The van der Waals surface area contributed by atoms with Crippen LogP contribution in [-0.4, -0.2) is 37.4 Å². The first-order valence-electron chi connectivity index (χ1n) is 10.7. The van der Waals surface area contributed by atoms with Gasteiger partial charge in [0.1, 0.15) is 11.2 Å². The molecule has 11 heteroatoms. The van der Waals surface area contributed by atoms with Gasteiger partial charge in [-0.15, -0.1) is 0 Å². The number of hydrogen-bond acceptors (Lipinski definition) is 7. The van der Waals surface area contributed by atoms with Crippen LogP contribution in [0.25, 0.3) is 23.3 Å². The zero-order valence-electron chi connectivity index (χ0n) is 19.4. The van der Waals surface area contributed by atoms with Crippen LogP contribution in [0, 0.1) is 4.77 Å². The zero-order valence-corrected chi connectivity index (χ0v) is 24.2. The molecule has 0 aliphatic rings. The molecule has 0 spiro atoms. The molecule has 1 N–H and O–H groups in total. The van der Waals surface area contributed by atoms with E-state index in [1.54, 1.807) is 28.9 Å². The third-order valence-electron chi connectivity index (χ3n) is 5.50. The van der Waals surface area contributed by atoms with Crippen molar-refractivity contribution in [3.05, 3.63) is 40.1 Å². The van der Waals surface area contributed by atoms with Gasteiger partial charge >= 0.3 is 51.4 Å². The number of aromatic hydroxyl groups is 1. The minimum absolute atomic E-state index is 0. The Kier molecular flexibility index (Phi) is 10.6. The summed E-state index contributed by atoms with van der Waals surface area (Å²) in [5, 5.41) is 9.72. The van der Waals surface area contributed by atoms with Gasteiger partial charge in [-0.1, -0.05) is 25.5 Å². The molecule has 3 aromatic rings. The van der Waals surface area contributed by atoms with Crippen LogP contribution < -0.4 is 51.4 Å². The fraction of sp³-hybridized carbons (Fsp3) is 0.455. The van der Waals surface area contributed by atoms with Crippen LogP contribution in [0.15, 0.2) is 22.6 Å². The molecule has 2 aromatic heterocycles. The van der Waals surface area contributed by atoms with Crippen molar-refractivity contribution in [2.75, 3.05) is 0 Å². The van der Waals surface area contributed by atoms with Gasteiger partial charge < -0.3 is 18.6 Å². The molecule has 0 bridgehead atoms. The fourth-order valence-electron chi connectivity index (χ4n) is 3.54. The Morgan fingerprint density at radius 1 is 1.27 bits per heavy atom. The van der Waals surface area contributed by atoms with Crippen LogP contribution in [0.4, 0.5) is 0 Å². The maximum Gasteiger partial charge on any atom is 1.00 e. The van der Waals surface area contributed by atoms with Gasteiger partial charge in [0.2, 0.25) is 11.8 Å². The molecule has 0 saturated heterocycles. The molecule has 0 fully saturated rings. The quantitative estimate of drug-likeness (QED) is 0.247. The molecule has 0 aliphatic carbocycles. The first-order valence-corrected chi connectivity index (χ1v) is 12.6. The van der Waals surface area contributed by atoms with Crippen molar-refractivity contribution in [3.8, 4) is 5.88 Å². The number of nitrogens with zero attached hydrogens (tertiary/aromatic N) is 3. The second-order valence-electron chi connectivity index (χ2n) is 7.73. The molecule has 1 unspecified atom stereocenters. The summed E-state index contributed by atoms with van der Waals surface area (Å²) in [5.41, 5.74) is 2.59. The third-order valence-corrected chi connectivity index (χ3v) is 7.17. The molecule has 8 nitrogen and oxygen atoms in total. The average Bonchev–Trinajstić information content (AvgIpc) is 3.26. The van der Waals surface area contributed by atoms with Crippen molar-refractivity contribution in [2.45, 2.75) is 64.8 Å². The summed E-state index contributed by atoms with van der Waals surface area (Å²) < 4.78 is 43.5. The van der Waals surface area contributed by atoms with E-state index in [1.807, 2.05) is 17.6 Å². The van der Waals surface area contributed by atoms with Crippen molar-refractivity contribution in [1.82, 2.24) is 14.1 Å². The number of imidazole rings is 1. The van der Waals surface area contributed by atoms with Gasteiger partial charge in [-0.3, -0.25) is 4.57 Å². The second kappa shape index (κ2) is 12.3. The number of oxazole rings is 1. The normalized spacial score (nSPS) is 13.0. The number of rotatable bonds is 10. The number of fused-ring (bicyclic) bond motifs is 1. The predicted molar refractivity (Wildman–Crippen MR) is 126 cm³/mol. The number of unbranched alkanes of at least 4 members (excludes halogenated alkanes) is 1. The van der Waals surface area contributed by atoms with E-state index in [9.17, 15) is 18.1 Å². The minimum Gasteiger partial charge on any atom is -0.748 e. The summed E-state index contributed by atoms with van der Waals surface area (Å²) in [6.45, 7) is 6.73. The number of aromatic nitrogens is 3. The molecule has 1 aromatic carbocycles. The topological polar surface area (TPSA) is 113 Å². The molecule has 0 aliphatic heterocycles. The number of aryl methyl sites for hydroxylation is 1.